The van der Waals surface area contributed by atoms with Crippen LogP contribution in [0.5, 0.6) is 0 Å². The zero-order chi connectivity index (χ0) is 7.90. The summed E-state index contributed by atoms with van der Waals surface area (Å²) in [6, 6.07) is 0. The van der Waals surface area contributed by atoms with Crippen LogP contribution in [-0.2, 0) is 9.53 Å². The minimum absolute atomic E-state index is 0.0451. The lowest BCUT2D eigenvalue weighted by Gasteiger charge is -2.19. The van der Waals surface area contributed by atoms with Crippen molar-refractivity contribution < 1.29 is 9.53 Å². The average Bonchev–Trinajstić information content (AvgIpc) is 2.43. The minimum Gasteiger partial charge on any atom is -0.373 e. The third kappa shape index (κ3) is 1.05. The highest BCUT2D eigenvalue weighted by Crippen LogP contribution is 2.42. The van der Waals surface area contributed by atoms with Gasteiger partial charge in [0, 0.05) is 11.8 Å². The standard InChI is InChI=1S/C8H11NO2/c9-7(10)4-8-2-1-6(3-8)11-5-8/h1-2,6H,3-5H2,(H2,9,10). The van der Waals surface area contributed by atoms with Crippen LogP contribution in [0.3, 0.4) is 0 Å². The van der Waals surface area contributed by atoms with Gasteiger partial charge in [0.2, 0.25) is 5.91 Å². The maximum Gasteiger partial charge on any atom is 0.218 e. The molecule has 2 atom stereocenters. The van der Waals surface area contributed by atoms with E-state index < -0.39 is 0 Å². The Labute approximate surface area is 65.2 Å². The van der Waals surface area contributed by atoms with E-state index in [-0.39, 0.29) is 17.4 Å². The third-order valence-electron chi connectivity index (χ3n) is 2.38. The molecule has 1 heterocycles. The van der Waals surface area contributed by atoms with Crippen LogP contribution in [0.4, 0.5) is 0 Å². The Bertz CT molecular complexity index is 224. The van der Waals surface area contributed by atoms with Crippen molar-refractivity contribution in [3.63, 3.8) is 0 Å². The fraction of sp³-hybridized carbons (Fsp3) is 0.625. The smallest absolute Gasteiger partial charge is 0.218 e. The van der Waals surface area contributed by atoms with Crippen molar-refractivity contribution in [1.29, 1.82) is 0 Å². The van der Waals surface area contributed by atoms with Gasteiger partial charge in [-0.3, -0.25) is 4.79 Å². The van der Waals surface area contributed by atoms with Gasteiger partial charge in [0.15, 0.2) is 0 Å². The second kappa shape index (κ2) is 2.08. The maximum atomic E-state index is 10.7. The number of hydrogen-bond donors (Lipinski definition) is 1. The molecule has 0 saturated carbocycles. The molecule has 1 aliphatic heterocycles. The first-order valence-corrected chi connectivity index (χ1v) is 3.79. The molecule has 2 rings (SSSR count). The van der Waals surface area contributed by atoms with E-state index in [9.17, 15) is 4.79 Å². The van der Waals surface area contributed by atoms with Crippen LogP contribution in [0.25, 0.3) is 0 Å². The zero-order valence-corrected chi connectivity index (χ0v) is 6.25. The molecule has 11 heavy (non-hydrogen) atoms. The molecule has 2 N–H and O–H groups in total. The Morgan fingerprint density at radius 2 is 2.64 bits per heavy atom. The summed E-state index contributed by atoms with van der Waals surface area (Å²) in [4.78, 5) is 10.7. The molecular formula is C8H11NO2. The van der Waals surface area contributed by atoms with Crippen molar-refractivity contribution in [3.8, 4) is 0 Å². The third-order valence-corrected chi connectivity index (χ3v) is 2.38. The summed E-state index contributed by atoms with van der Waals surface area (Å²) in [5, 5.41) is 0. The monoisotopic (exact) mass is 153 g/mol. The van der Waals surface area contributed by atoms with Gasteiger partial charge in [-0.25, -0.2) is 0 Å². The number of nitrogens with two attached hydrogens (primary N) is 1. The molecule has 2 unspecified atom stereocenters. The number of rotatable bonds is 2. The van der Waals surface area contributed by atoms with Crippen molar-refractivity contribution in [2.75, 3.05) is 6.61 Å². The SMILES string of the molecule is NC(=O)CC12C=CC(C1)OC2. The van der Waals surface area contributed by atoms with Crippen LogP contribution in [-0.4, -0.2) is 18.6 Å². The number of ether oxygens (including phenoxy) is 1. The first-order chi connectivity index (χ1) is 5.20. The van der Waals surface area contributed by atoms with Crippen LogP contribution in [0.2, 0.25) is 0 Å². The second-order valence-electron chi connectivity index (χ2n) is 3.42. The fourth-order valence-corrected chi connectivity index (χ4v) is 1.87. The molecule has 1 fully saturated rings. The van der Waals surface area contributed by atoms with Gasteiger partial charge in [-0.1, -0.05) is 12.2 Å². The van der Waals surface area contributed by atoms with Crippen LogP contribution in [0, 0.1) is 5.41 Å². The molecule has 0 spiro atoms. The Hall–Kier alpha value is -0.830. The van der Waals surface area contributed by atoms with E-state index in [1.807, 2.05) is 6.08 Å². The van der Waals surface area contributed by atoms with Crippen LogP contribution in [0.15, 0.2) is 12.2 Å². The predicted octanol–water partition coefficient (Wildman–Crippen LogP) is 0.207. The Morgan fingerprint density at radius 1 is 1.82 bits per heavy atom. The molecule has 1 amide bonds. The number of carbonyl (C=O) groups excluding carboxylic acids is 1. The van der Waals surface area contributed by atoms with Crippen LogP contribution >= 0.6 is 0 Å². The summed E-state index contributed by atoms with van der Waals surface area (Å²) in [7, 11) is 0. The van der Waals surface area contributed by atoms with Crippen molar-refractivity contribution in [2.24, 2.45) is 11.1 Å². The van der Waals surface area contributed by atoms with Gasteiger partial charge in [0.25, 0.3) is 0 Å². The summed E-state index contributed by atoms with van der Waals surface area (Å²) >= 11 is 0. The molecule has 2 bridgehead atoms. The molecule has 3 heteroatoms. The van der Waals surface area contributed by atoms with Gasteiger partial charge in [-0.15, -0.1) is 0 Å². The number of primary amides is 1. The predicted molar refractivity (Wildman–Crippen MR) is 39.7 cm³/mol. The Morgan fingerprint density at radius 3 is 3.00 bits per heavy atom. The summed E-state index contributed by atoms with van der Waals surface area (Å²) in [5.74, 6) is -0.235. The summed E-state index contributed by atoms with van der Waals surface area (Å²) in [6.45, 7) is 0.664. The molecule has 0 aromatic rings. The van der Waals surface area contributed by atoms with E-state index in [1.165, 1.54) is 0 Å². The first-order valence-electron chi connectivity index (χ1n) is 3.79. The van der Waals surface area contributed by atoms with Gasteiger partial charge < -0.3 is 10.5 Å². The Balaban J connectivity index is 2.11. The maximum absolute atomic E-state index is 10.7. The quantitative estimate of drug-likeness (QED) is 0.576. The molecule has 60 valence electrons. The van der Waals surface area contributed by atoms with E-state index in [2.05, 4.69) is 6.08 Å². The molecule has 1 saturated heterocycles. The topological polar surface area (TPSA) is 52.3 Å². The average molecular weight is 153 g/mol. The van der Waals surface area contributed by atoms with E-state index in [4.69, 9.17) is 10.5 Å². The molecule has 3 nitrogen and oxygen atoms in total. The molecule has 1 aliphatic carbocycles. The minimum atomic E-state index is -0.235. The zero-order valence-electron chi connectivity index (χ0n) is 6.25. The van der Waals surface area contributed by atoms with Crippen molar-refractivity contribution in [1.82, 2.24) is 0 Å². The number of amides is 1. The van der Waals surface area contributed by atoms with Crippen molar-refractivity contribution >= 4 is 5.91 Å². The van der Waals surface area contributed by atoms with E-state index in [1.54, 1.807) is 0 Å². The molecule has 0 aromatic heterocycles. The van der Waals surface area contributed by atoms with Gasteiger partial charge in [-0.2, -0.15) is 0 Å². The highest BCUT2D eigenvalue weighted by atomic mass is 16.5. The highest BCUT2D eigenvalue weighted by Gasteiger charge is 2.42. The first kappa shape index (κ1) is 6.85. The number of fused-ring (bicyclic) bond motifs is 2. The van der Waals surface area contributed by atoms with Gasteiger partial charge in [0.1, 0.15) is 0 Å². The summed E-state index contributed by atoms with van der Waals surface area (Å²) in [5.41, 5.74) is 5.08. The lowest BCUT2D eigenvalue weighted by atomic mass is 9.86. The molecule has 0 radical (unpaired) electrons. The number of hydrogen-bond acceptors (Lipinski definition) is 2. The number of carbonyl (C=O) groups is 1. The Kier molecular flexibility index (Phi) is 1.29. The largest absolute Gasteiger partial charge is 0.373 e. The van der Waals surface area contributed by atoms with Gasteiger partial charge in [0.05, 0.1) is 12.7 Å². The lowest BCUT2D eigenvalue weighted by molar-refractivity contribution is -0.119. The summed E-state index contributed by atoms with van der Waals surface area (Å²) < 4.78 is 5.36. The van der Waals surface area contributed by atoms with Gasteiger partial charge in [-0.05, 0) is 6.42 Å². The normalized spacial score (nSPS) is 39.8. The molecular weight excluding hydrogens is 142 g/mol. The van der Waals surface area contributed by atoms with Crippen LogP contribution < -0.4 is 5.73 Å². The van der Waals surface area contributed by atoms with E-state index >= 15 is 0 Å². The van der Waals surface area contributed by atoms with Crippen molar-refractivity contribution in [3.05, 3.63) is 12.2 Å². The van der Waals surface area contributed by atoms with E-state index in [0.717, 1.165) is 6.42 Å². The summed E-state index contributed by atoms with van der Waals surface area (Å²) in [6.07, 6.45) is 5.71. The lowest BCUT2D eigenvalue weighted by Crippen LogP contribution is -2.25. The van der Waals surface area contributed by atoms with Crippen LogP contribution in [0.1, 0.15) is 12.8 Å². The molecule has 2 aliphatic rings. The van der Waals surface area contributed by atoms with Crippen molar-refractivity contribution in [2.45, 2.75) is 18.9 Å². The highest BCUT2D eigenvalue weighted by molar-refractivity contribution is 5.75. The fourth-order valence-electron chi connectivity index (χ4n) is 1.87. The second-order valence-corrected chi connectivity index (χ2v) is 3.42. The molecule has 0 aromatic carbocycles. The van der Waals surface area contributed by atoms with Gasteiger partial charge >= 0.3 is 0 Å². The van der Waals surface area contributed by atoms with E-state index in [0.29, 0.717) is 13.0 Å².